The summed E-state index contributed by atoms with van der Waals surface area (Å²) in [5.74, 6) is 0.535. The molecule has 1 aromatic rings. The van der Waals surface area contributed by atoms with Crippen LogP contribution in [0.1, 0.15) is 41.9 Å². The van der Waals surface area contributed by atoms with Gasteiger partial charge in [0.05, 0.1) is 6.61 Å². The van der Waals surface area contributed by atoms with E-state index in [0.717, 1.165) is 38.4 Å². The van der Waals surface area contributed by atoms with Crippen molar-refractivity contribution >= 4 is 12.4 Å². The Morgan fingerprint density at radius 2 is 2.14 bits per heavy atom. The summed E-state index contributed by atoms with van der Waals surface area (Å²) in [6.07, 6.45) is 5.50. The lowest BCUT2D eigenvalue weighted by atomic mass is 9.82. The zero-order valence-electron chi connectivity index (χ0n) is 12.1. The fourth-order valence-electron chi connectivity index (χ4n) is 3.31. The van der Waals surface area contributed by atoms with Crippen LogP contribution in [-0.4, -0.2) is 25.5 Å². The molecule has 112 valence electrons. The van der Waals surface area contributed by atoms with Gasteiger partial charge in [0.1, 0.15) is 6.29 Å². The number of hydrogen-bond donors (Lipinski definition) is 1. The molecule has 3 rings (SSSR count). The van der Waals surface area contributed by atoms with Gasteiger partial charge in [-0.2, -0.15) is 0 Å². The molecule has 4 heteroatoms. The maximum absolute atomic E-state index is 11.3. The fraction of sp³-hybridized carbons (Fsp3) is 0.529. The van der Waals surface area contributed by atoms with Crippen LogP contribution in [0.5, 0.6) is 0 Å². The van der Waals surface area contributed by atoms with E-state index in [9.17, 15) is 9.59 Å². The molecule has 1 heterocycles. The zero-order valence-corrected chi connectivity index (χ0v) is 12.1. The Labute approximate surface area is 124 Å². The molecule has 0 bridgehead atoms. The van der Waals surface area contributed by atoms with Crippen LogP contribution in [0.15, 0.2) is 18.2 Å². The van der Waals surface area contributed by atoms with E-state index < -0.39 is 0 Å². The SMILES string of the molecule is O=C[C@@H]1CCc2cc([C@H]3CCCOC(=O)NC3)ccc2C1. The highest BCUT2D eigenvalue weighted by molar-refractivity contribution is 5.67. The van der Waals surface area contributed by atoms with E-state index in [-0.39, 0.29) is 12.0 Å². The second-order valence-corrected chi connectivity index (χ2v) is 6.02. The van der Waals surface area contributed by atoms with Crippen LogP contribution in [-0.2, 0) is 22.4 Å². The normalized spacial score (nSPS) is 25.8. The molecular weight excluding hydrogens is 266 g/mol. The molecule has 4 nitrogen and oxygen atoms in total. The van der Waals surface area contributed by atoms with Gasteiger partial charge in [-0.1, -0.05) is 18.2 Å². The van der Waals surface area contributed by atoms with Crippen molar-refractivity contribution in [2.24, 2.45) is 5.92 Å². The van der Waals surface area contributed by atoms with Gasteiger partial charge in [-0.15, -0.1) is 0 Å². The topological polar surface area (TPSA) is 55.4 Å². The smallest absolute Gasteiger partial charge is 0.407 e. The molecule has 1 saturated heterocycles. The highest BCUT2D eigenvalue weighted by Gasteiger charge is 2.21. The summed E-state index contributed by atoms with van der Waals surface area (Å²) in [5, 5.41) is 2.82. The summed E-state index contributed by atoms with van der Waals surface area (Å²) in [6, 6.07) is 6.60. The van der Waals surface area contributed by atoms with Gasteiger partial charge >= 0.3 is 6.09 Å². The molecule has 2 atom stereocenters. The number of hydrogen-bond acceptors (Lipinski definition) is 3. The highest BCUT2D eigenvalue weighted by Crippen LogP contribution is 2.29. The Kier molecular flexibility index (Phi) is 4.23. The maximum atomic E-state index is 11.3. The molecule has 0 saturated carbocycles. The number of benzene rings is 1. The minimum atomic E-state index is -0.313. The fourth-order valence-corrected chi connectivity index (χ4v) is 3.31. The maximum Gasteiger partial charge on any atom is 0.407 e. The average Bonchev–Trinajstić information content (AvgIpc) is 2.50. The van der Waals surface area contributed by atoms with Crippen molar-refractivity contribution < 1.29 is 14.3 Å². The van der Waals surface area contributed by atoms with Crippen LogP contribution in [0, 0.1) is 5.92 Å². The summed E-state index contributed by atoms with van der Waals surface area (Å²) in [6.45, 7) is 1.13. The molecule has 0 unspecified atom stereocenters. The van der Waals surface area contributed by atoms with Crippen LogP contribution >= 0.6 is 0 Å². The first-order valence-corrected chi connectivity index (χ1v) is 7.74. The number of carbonyl (C=O) groups excluding carboxylic acids is 2. The molecule has 1 N–H and O–H groups in total. The van der Waals surface area contributed by atoms with Crippen molar-refractivity contribution in [2.45, 2.75) is 38.0 Å². The van der Waals surface area contributed by atoms with E-state index in [1.54, 1.807) is 0 Å². The summed E-state index contributed by atoms with van der Waals surface area (Å²) >= 11 is 0. The molecule has 1 fully saturated rings. The number of alkyl carbamates (subject to hydrolysis) is 1. The predicted octanol–water partition coefficient (Wildman–Crippen LogP) is 2.59. The van der Waals surface area contributed by atoms with Gasteiger partial charge in [0, 0.05) is 18.4 Å². The Morgan fingerprint density at radius 3 is 3.00 bits per heavy atom. The van der Waals surface area contributed by atoms with E-state index in [1.807, 2.05) is 0 Å². The molecule has 1 aliphatic heterocycles. The lowest BCUT2D eigenvalue weighted by Crippen LogP contribution is -2.31. The first-order valence-electron chi connectivity index (χ1n) is 7.74. The lowest BCUT2D eigenvalue weighted by Gasteiger charge is -2.25. The molecule has 0 radical (unpaired) electrons. The van der Waals surface area contributed by atoms with Crippen LogP contribution in [0.2, 0.25) is 0 Å². The molecule has 0 aromatic heterocycles. The molecule has 1 amide bonds. The van der Waals surface area contributed by atoms with E-state index in [1.165, 1.54) is 16.7 Å². The standard InChI is InChI=1S/C17H21NO3/c19-11-12-3-4-14-9-15(6-5-13(14)8-12)16-2-1-7-21-17(20)18-10-16/h5-6,9,11-12,16H,1-4,7-8,10H2,(H,18,20)/t12-,16+/m1/s1. The summed E-state index contributed by atoms with van der Waals surface area (Å²) in [5.41, 5.74) is 3.97. The van der Waals surface area contributed by atoms with Gasteiger partial charge in [0.25, 0.3) is 0 Å². The van der Waals surface area contributed by atoms with Gasteiger partial charge in [0.15, 0.2) is 0 Å². The number of rotatable bonds is 2. The third-order valence-corrected chi connectivity index (χ3v) is 4.58. The number of fused-ring (bicyclic) bond motifs is 1. The van der Waals surface area contributed by atoms with Crippen molar-refractivity contribution in [3.8, 4) is 0 Å². The van der Waals surface area contributed by atoms with Crippen molar-refractivity contribution in [1.82, 2.24) is 5.32 Å². The predicted molar refractivity (Wildman–Crippen MR) is 79.3 cm³/mol. The van der Waals surface area contributed by atoms with E-state index in [0.29, 0.717) is 19.1 Å². The highest BCUT2D eigenvalue weighted by atomic mass is 16.5. The monoisotopic (exact) mass is 287 g/mol. The molecule has 21 heavy (non-hydrogen) atoms. The zero-order chi connectivity index (χ0) is 14.7. The Bertz CT molecular complexity index is 541. The Hall–Kier alpha value is -1.84. The number of ether oxygens (including phenoxy) is 1. The van der Waals surface area contributed by atoms with Crippen molar-refractivity contribution in [2.75, 3.05) is 13.2 Å². The van der Waals surface area contributed by atoms with E-state index in [4.69, 9.17) is 4.74 Å². The number of carbonyl (C=O) groups is 2. The van der Waals surface area contributed by atoms with Crippen LogP contribution in [0.25, 0.3) is 0 Å². The van der Waals surface area contributed by atoms with Crippen molar-refractivity contribution in [3.63, 3.8) is 0 Å². The molecule has 1 aromatic carbocycles. The van der Waals surface area contributed by atoms with Gasteiger partial charge in [-0.05, 0) is 48.8 Å². The lowest BCUT2D eigenvalue weighted by molar-refractivity contribution is -0.111. The van der Waals surface area contributed by atoms with E-state index >= 15 is 0 Å². The van der Waals surface area contributed by atoms with Crippen molar-refractivity contribution in [3.05, 3.63) is 34.9 Å². The summed E-state index contributed by atoms with van der Waals surface area (Å²) in [7, 11) is 0. The first-order chi connectivity index (χ1) is 10.3. The van der Waals surface area contributed by atoms with Gasteiger partial charge in [-0.25, -0.2) is 4.79 Å². The summed E-state index contributed by atoms with van der Waals surface area (Å²) in [4.78, 5) is 22.3. The van der Waals surface area contributed by atoms with Crippen molar-refractivity contribution in [1.29, 1.82) is 0 Å². The molecule has 1 aliphatic carbocycles. The third kappa shape index (κ3) is 3.26. The number of cyclic esters (lactones) is 1. The third-order valence-electron chi connectivity index (χ3n) is 4.58. The quantitative estimate of drug-likeness (QED) is 0.851. The van der Waals surface area contributed by atoms with E-state index in [2.05, 4.69) is 23.5 Å². The van der Waals surface area contributed by atoms with Gasteiger partial charge < -0.3 is 14.8 Å². The summed E-state index contributed by atoms with van der Waals surface area (Å²) < 4.78 is 5.00. The minimum Gasteiger partial charge on any atom is -0.450 e. The van der Waals surface area contributed by atoms with Crippen LogP contribution < -0.4 is 5.32 Å². The van der Waals surface area contributed by atoms with Gasteiger partial charge in [0.2, 0.25) is 0 Å². The molecular formula is C17H21NO3. The van der Waals surface area contributed by atoms with Gasteiger partial charge in [-0.3, -0.25) is 0 Å². The van der Waals surface area contributed by atoms with Crippen LogP contribution in [0.3, 0.4) is 0 Å². The second-order valence-electron chi connectivity index (χ2n) is 6.02. The number of nitrogens with one attached hydrogen (secondary N) is 1. The average molecular weight is 287 g/mol. The Balaban J connectivity index is 1.76. The number of amides is 1. The molecule has 0 spiro atoms. The van der Waals surface area contributed by atoms with Crippen LogP contribution in [0.4, 0.5) is 4.79 Å². The second kappa shape index (κ2) is 6.29. The minimum absolute atomic E-state index is 0.182. The molecule has 2 aliphatic rings. The Morgan fingerprint density at radius 1 is 1.24 bits per heavy atom. The number of aryl methyl sites for hydroxylation is 1. The number of aldehydes is 1. The first kappa shape index (κ1) is 14.1. The largest absolute Gasteiger partial charge is 0.450 e.